The molecule has 13 heavy (non-hydrogen) atoms. The molecule has 2 atom stereocenters. The van der Waals surface area contributed by atoms with Gasteiger partial charge in [0.25, 0.3) is 0 Å². The highest BCUT2D eigenvalue weighted by Gasteiger charge is 2.26. The minimum Gasteiger partial charge on any atom is -0.385 e. The van der Waals surface area contributed by atoms with Crippen LogP contribution in [0, 0.1) is 5.92 Å². The number of allylic oxidation sites excluding steroid dienone is 2. The van der Waals surface area contributed by atoms with Crippen molar-refractivity contribution in [3.05, 3.63) is 24.8 Å². The van der Waals surface area contributed by atoms with Gasteiger partial charge in [-0.15, -0.1) is 18.2 Å². The second-order valence-electron chi connectivity index (χ2n) is 3.76. The Labute approximate surface area is 85.1 Å². The van der Waals surface area contributed by atoms with Gasteiger partial charge in [-0.05, 0) is 31.6 Å². The van der Waals surface area contributed by atoms with E-state index in [-0.39, 0.29) is 0 Å². The SMILES string of the molecule is C=CCCC1C=CC(O)(CCl)CC1. The van der Waals surface area contributed by atoms with Gasteiger partial charge >= 0.3 is 0 Å². The van der Waals surface area contributed by atoms with Crippen molar-refractivity contribution < 1.29 is 5.11 Å². The van der Waals surface area contributed by atoms with Gasteiger partial charge in [-0.25, -0.2) is 0 Å². The van der Waals surface area contributed by atoms with Crippen molar-refractivity contribution in [1.82, 2.24) is 0 Å². The van der Waals surface area contributed by atoms with E-state index in [9.17, 15) is 5.11 Å². The van der Waals surface area contributed by atoms with E-state index in [4.69, 9.17) is 11.6 Å². The first-order chi connectivity index (χ1) is 6.20. The predicted octanol–water partition coefficient (Wildman–Crippen LogP) is 2.89. The Morgan fingerprint density at radius 3 is 2.92 bits per heavy atom. The number of hydrogen-bond donors (Lipinski definition) is 1. The third kappa shape index (κ3) is 3.17. The minimum absolute atomic E-state index is 0.303. The fraction of sp³-hybridized carbons (Fsp3) is 0.636. The second kappa shape index (κ2) is 4.83. The predicted molar refractivity (Wildman–Crippen MR) is 57.0 cm³/mol. The normalized spacial score (nSPS) is 33.2. The van der Waals surface area contributed by atoms with Crippen molar-refractivity contribution in [2.24, 2.45) is 5.92 Å². The highest BCUT2D eigenvalue weighted by Crippen LogP contribution is 2.29. The summed E-state index contributed by atoms with van der Waals surface area (Å²) in [4.78, 5) is 0. The Kier molecular flexibility index (Phi) is 4.01. The van der Waals surface area contributed by atoms with E-state index in [0.29, 0.717) is 11.8 Å². The van der Waals surface area contributed by atoms with Gasteiger partial charge in [-0.3, -0.25) is 0 Å². The third-order valence-corrected chi connectivity index (χ3v) is 3.06. The largest absolute Gasteiger partial charge is 0.385 e. The van der Waals surface area contributed by atoms with Gasteiger partial charge in [0.05, 0.1) is 11.5 Å². The number of rotatable bonds is 4. The molecule has 0 bridgehead atoms. The van der Waals surface area contributed by atoms with Gasteiger partial charge in [0, 0.05) is 0 Å². The summed E-state index contributed by atoms with van der Waals surface area (Å²) in [6.45, 7) is 3.70. The van der Waals surface area contributed by atoms with Crippen LogP contribution in [0.15, 0.2) is 24.8 Å². The summed E-state index contributed by atoms with van der Waals surface area (Å²) in [7, 11) is 0. The van der Waals surface area contributed by atoms with Crippen LogP contribution in [0.25, 0.3) is 0 Å². The second-order valence-corrected chi connectivity index (χ2v) is 4.03. The van der Waals surface area contributed by atoms with Crippen LogP contribution in [0.3, 0.4) is 0 Å². The smallest absolute Gasteiger partial charge is 0.0962 e. The molecule has 74 valence electrons. The molecule has 0 fully saturated rings. The lowest BCUT2D eigenvalue weighted by Gasteiger charge is -2.28. The van der Waals surface area contributed by atoms with Crippen molar-refractivity contribution in [3.8, 4) is 0 Å². The molecule has 0 aliphatic heterocycles. The average molecular weight is 201 g/mol. The average Bonchev–Trinajstić information content (AvgIpc) is 2.17. The molecule has 0 aromatic heterocycles. The molecule has 0 aromatic carbocycles. The lowest BCUT2D eigenvalue weighted by atomic mass is 9.84. The van der Waals surface area contributed by atoms with Gasteiger partial charge in [-0.2, -0.15) is 0 Å². The third-order valence-electron chi connectivity index (χ3n) is 2.60. The van der Waals surface area contributed by atoms with Gasteiger partial charge in [0.1, 0.15) is 0 Å². The summed E-state index contributed by atoms with van der Waals surface area (Å²) in [5.74, 6) is 0.902. The van der Waals surface area contributed by atoms with Crippen molar-refractivity contribution in [1.29, 1.82) is 0 Å². The maximum Gasteiger partial charge on any atom is 0.0962 e. The van der Waals surface area contributed by atoms with E-state index in [1.807, 2.05) is 12.2 Å². The lowest BCUT2D eigenvalue weighted by molar-refractivity contribution is 0.0910. The number of alkyl halides is 1. The first-order valence-corrected chi connectivity index (χ1v) is 5.32. The maximum atomic E-state index is 9.78. The zero-order chi connectivity index (χ0) is 9.73. The van der Waals surface area contributed by atoms with E-state index in [2.05, 4.69) is 12.7 Å². The number of halogens is 1. The summed E-state index contributed by atoms with van der Waals surface area (Å²) in [6.07, 6.45) is 9.90. The molecule has 2 unspecified atom stereocenters. The van der Waals surface area contributed by atoms with E-state index in [1.165, 1.54) is 0 Å². The van der Waals surface area contributed by atoms with Crippen LogP contribution in [0.2, 0.25) is 0 Å². The first-order valence-electron chi connectivity index (χ1n) is 4.79. The van der Waals surface area contributed by atoms with Crippen LogP contribution in [0.4, 0.5) is 0 Å². The summed E-state index contributed by atoms with van der Waals surface area (Å²) in [5, 5.41) is 9.78. The van der Waals surface area contributed by atoms with E-state index >= 15 is 0 Å². The lowest BCUT2D eigenvalue weighted by Crippen LogP contribution is -2.31. The molecule has 0 spiro atoms. The molecule has 0 aromatic rings. The van der Waals surface area contributed by atoms with E-state index in [0.717, 1.165) is 25.7 Å². The fourth-order valence-electron chi connectivity index (χ4n) is 1.61. The van der Waals surface area contributed by atoms with Crippen molar-refractivity contribution in [3.63, 3.8) is 0 Å². The minimum atomic E-state index is -0.744. The van der Waals surface area contributed by atoms with Gasteiger partial charge in [-0.1, -0.05) is 18.2 Å². The molecule has 0 amide bonds. The van der Waals surface area contributed by atoms with Gasteiger partial charge in [0.15, 0.2) is 0 Å². The van der Waals surface area contributed by atoms with E-state index in [1.54, 1.807) is 0 Å². The Bertz CT molecular complexity index is 200. The Morgan fingerprint density at radius 2 is 2.46 bits per heavy atom. The highest BCUT2D eigenvalue weighted by molar-refractivity contribution is 6.18. The molecule has 0 heterocycles. The van der Waals surface area contributed by atoms with Crippen LogP contribution in [-0.2, 0) is 0 Å². The number of aliphatic hydroxyl groups is 1. The van der Waals surface area contributed by atoms with E-state index < -0.39 is 5.60 Å². The van der Waals surface area contributed by atoms with Crippen molar-refractivity contribution in [2.45, 2.75) is 31.3 Å². The summed E-state index contributed by atoms with van der Waals surface area (Å²) in [5.41, 5.74) is -0.744. The molecule has 1 rings (SSSR count). The molecule has 0 saturated heterocycles. The van der Waals surface area contributed by atoms with Crippen molar-refractivity contribution in [2.75, 3.05) is 5.88 Å². The topological polar surface area (TPSA) is 20.2 Å². The zero-order valence-electron chi connectivity index (χ0n) is 7.88. The molecule has 1 nitrogen and oxygen atoms in total. The van der Waals surface area contributed by atoms with Crippen molar-refractivity contribution >= 4 is 11.6 Å². The molecule has 2 heteroatoms. The molecule has 0 radical (unpaired) electrons. The molecule has 1 N–H and O–H groups in total. The van der Waals surface area contributed by atoms with Gasteiger partial charge < -0.3 is 5.11 Å². The quantitative estimate of drug-likeness (QED) is 0.547. The maximum absolute atomic E-state index is 9.78. The number of hydrogen-bond acceptors (Lipinski definition) is 1. The molecular formula is C11H17ClO. The zero-order valence-corrected chi connectivity index (χ0v) is 8.63. The Hall–Kier alpha value is -0.270. The molecule has 0 saturated carbocycles. The Morgan fingerprint density at radius 1 is 1.69 bits per heavy atom. The monoisotopic (exact) mass is 200 g/mol. The summed E-state index contributed by atoms with van der Waals surface area (Å²) >= 11 is 5.66. The summed E-state index contributed by atoms with van der Waals surface area (Å²) < 4.78 is 0. The van der Waals surface area contributed by atoms with Crippen LogP contribution in [-0.4, -0.2) is 16.6 Å². The fourth-order valence-corrected chi connectivity index (χ4v) is 1.84. The van der Waals surface area contributed by atoms with Crippen LogP contribution < -0.4 is 0 Å². The first kappa shape index (κ1) is 10.8. The van der Waals surface area contributed by atoms with Gasteiger partial charge in [0.2, 0.25) is 0 Å². The standard InChI is InChI=1S/C11H17ClO/c1-2-3-4-10-5-7-11(13,9-12)8-6-10/h2,5,7,10,13H,1,3-4,6,8-9H2. The molecular weight excluding hydrogens is 184 g/mol. The van der Waals surface area contributed by atoms with Crippen LogP contribution in [0.5, 0.6) is 0 Å². The highest BCUT2D eigenvalue weighted by atomic mass is 35.5. The van der Waals surface area contributed by atoms with Crippen LogP contribution >= 0.6 is 11.6 Å². The van der Waals surface area contributed by atoms with Crippen LogP contribution in [0.1, 0.15) is 25.7 Å². The summed E-state index contributed by atoms with van der Waals surface area (Å²) in [6, 6.07) is 0. The Balaban J connectivity index is 2.42. The molecule has 1 aliphatic carbocycles. The molecule has 1 aliphatic rings.